The van der Waals surface area contributed by atoms with E-state index < -0.39 is 0 Å². The average molecular weight is 266 g/mol. The van der Waals surface area contributed by atoms with Crippen molar-refractivity contribution >= 4 is 11.6 Å². The molecule has 19 heavy (non-hydrogen) atoms. The Morgan fingerprint density at radius 2 is 2.11 bits per heavy atom. The Morgan fingerprint density at radius 3 is 2.63 bits per heavy atom. The van der Waals surface area contributed by atoms with Gasteiger partial charge in [-0.25, -0.2) is 9.97 Å². The largest absolute Gasteiger partial charge is 0.396 e. The summed E-state index contributed by atoms with van der Waals surface area (Å²) in [5.41, 5.74) is 0. The maximum atomic E-state index is 9.01. The van der Waals surface area contributed by atoms with E-state index in [1.165, 1.54) is 0 Å². The van der Waals surface area contributed by atoms with E-state index in [0.717, 1.165) is 43.3 Å². The average Bonchev–Trinajstić information content (AvgIpc) is 2.39. The monoisotopic (exact) mass is 266 g/mol. The summed E-state index contributed by atoms with van der Waals surface area (Å²) in [6, 6.07) is 2.32. The molecule has 1 heterocycles. The van der Waals surface area contributed by atoms with E-state index in [4.69, 9.17) is 5.11 Å². The number of nitrogens with zero attached hydrogens (tertiary/aromatic N) is 3. The van der Waals surface area contributed by atoms with Crippen molar-refractivity contribution in [2.45, 2.75) is 46.1 Å². The van der Waals surface area contributed by atoms with Crippen molar-refractivity contribution in [1.29, 1.82) is 0 Å². The standard InChI is InChI=1S/C14H26N4O/c1-5-7-12-16-13(15-4)10-14(17-12)18(11(2)3)8-6-9-19/h10-11,19H,5-9H2,1-4H3,(H,15,16,17). The molecule has 1 aromatic heterocycles. The molecule has 1 rings (SSSR count). The Morgan fingerprint density at radius 1 is 1.37 bits per heavy atom. The Balaban J connectivity index is 3.02. The second-order valence-electron chi connectivity index (χ2n) is 4.89. The number of aliphatic hydroxyl groups is 1. The molecule has 0 bridgehead atoms. The fourth-order valence-electron chi connectivity index (χ4n) is 1.97. The molecule has 2 N–H and O–H groups in total. The minimum Gasteiger partial charge on any atom is -0.396 e. The summed E-state index contributed by atoms with van der Waals surface area (Å²) in [7, 11) is 1.87. The summed E-state index contributed by atoms with van der Waals surface area (Å²) >= 11 is 0. The van der Waals surface area contributed by atoms with Gasteiger partial charge in [0.25, 0.3) is 0 Å². The van der Waals surface area contributed by atoms with Crippen molar-refractivity contribution in [3.8, 4) is 0 Å². The highest BCUT2D eigenvalue weighted by atomic mass is 16.3. The summed E-state index contributed by atoms with van der Waals surface area (Å²) in [6.45, 7) is 7.41. The fourth-order valence-corrected chi connectivity index (χ4v) is 1.97. The normalized spacial score (nSPS) is 10.8. The van der Waals surface area contributed by atoms with Crippen LogP contribution in [0, 0.1) is 0 Å². The molecule has 0 unspecified atom stereocenters. The maximum absolute atomic E-state index is 9.01. The van der Waals surface area contributed by atoms with Crippen LogP contribution < -0.4 is 10.2 Å². The molecule has 0 atom stereocenters. The molecule has 1 aromatic rings. The van der Waals surface area contributed by atoms with E-state index >= 15 is 0 Å². The molecule has 0 saturated heterocycles. The molecule has 0 aromatic carbocycles. The third-order valence-electron chi connectivity index (χ3n) is 2.96. The second-order valence-corrected chi connectivity index (χ2v) is 4.89. The molecular weight excluding hydrogens is 240 g/mol. The van der Waals surface area contributed by atoms with Gasteiger partial charge in [-0.1, -0.05) is 6.92 Å². The highest BCUT2D eigenvalue weighted by Crippen LogP contribution is 2.19. The lowest BCUT2D eigenvalue weighted by Gasteiger charge is -2.28. The van der Waals surface area contributed by atoms with Crippen molar-refractivity contribution in [3.63, 3.8) is 0 Å². The van der Waals surface area contributed by atoms with Gasteiger partial charge in [0.1, 0.15) is 17.5 Å². The van der Waals surface area contributed by atoms with Gasteiger partial charge in [0, 0.05) is 38.7 Å². The third-order valence-corrected chi connectivity index (χ3v) is 2.96. The summed E-state index contributed by atoms with van der Waals surface area (Å²) in [5.74, 6) is 2.66. The van der Waals surface area contributed by atoms with E-state index in [1.54, 1.807) is 0 Å². The van der Waals surface area contributed by atoms with Gasteiger partial charge < -0.3 is 15.3 Å². The van der Waals surface area contributed by atoms with Crippen LogP contribution in [0.15, 0.2) is 6.07 Å². The number of hydrogen-bond acceptors (Lipinski definition) is 5. The zero-order chi connectivity index (χ0) is 14.3. The summed E-state index contributed by atoms with van der Waals surface area (Å²) in [6.07, 6.45) is 2.67. The van der Waals surface area contributed by atoms with Crippen molar-refractivity contribution in [2.24, 2.45) is 0 Å². The van der Waals surface area contributed by atoms with Crippen LogP contribution in [0.5, 0.6) is 0 Å². The Kier molecular flexibility index (Phi) is 6.56. The van der Waals surface area contributed by atoms with Crippen LogP contribution in [0.2, 0.25) is 0 Å². The van der Waals surface area contributed by atoms with Gasteiger partial charge in [-0.2, -0.15) is 0 Å². The number of rotatable bonds is 8. The van der Waals surface area contributed by atoms with Gasteiger partial charge >= 0.3 is 0 Å². The van der Waals surface area contributed by atoms with E-state index in [0.29, 0.717) is 6.04 Å². The molecule has 0 saturated carbocycles. The minimum absolute atomic E-state index is 0.203. The van der Waals surface area contributed by atoms with E-state index in [2.05, 4.69) is 41.0 Å². The SMILES string of the molecule is CCCc1nc(NC)cc(N(CCCO)C(C)C)n1. The Hall–Kier alpha value is -1.36. The summed E-state index contributed by atoms with van der Waals surface area (Å²) in [5, 5.41) is 12.1. The zero-order valence-corrected chi connectivity index (χ0v) is 12.5. The summed E-state index contributed by atoms with van der Waals surface area (Å²) < 4.78 is 0. The van der Waals surface area contributed by atoms with Crippen LogP contribution in [-0.4, -0.2) is 41.3 Å². The highest BCUT2D eigenvalue weighted by molar-refractivity contribution is 5.49. The number of aromatic nitrogens is 2. The van der Waals surface area contributed by atoms with Gasteiger partial charge in [0.15, 0.2) is 0 Å². The lowest BCUT2D eigenvalue weighted by molar-refractivity contribution is 0.288. The van der Waals surface area contributed by atoms with Crippen molar-refractivity contribution in [1.82, 2.24) is 9.97 Å². The lowest BCUT2D eigenvalue weighted by atomic mass is 10.2. The molecule has 0 fully saturated rings. The molecule has 0 aliphatic heterocycles. The maximum Gasteiger partial charge on any atom is 0.134 e. The quantitative estimate of drug-likeness (QED) is 0.754. The zero-order valence-electron chi connectivity index (χ0n) is 12.5. The van der Waals surface area contributed by atoms with E-state index in [9.17, 15) is 0 Å². The van der Waals surface area contributed by atoms with Crippen LogP contribution in [-0.2, 0) is 6.42 Å². The minimum atomic E-state index is 0.203. The van der Waals surface area contributed by atoms with Crippen molar-refractivity contribution in [2.75, 3.05) is 30.4 Å². The van der Waals surface area contributed by atoms with Gasteiger partial charge in [-0.05, 0) is 26.7 Å². The van der Waals surface area contributed by atoms with Crippen LogP contribution >= 0.6 is 0 Å². The molecule has 0 aliphatic carbocycles. The molecule has 0 radical (unpaired) electrons. The number of anilines is 2. The first-order valence-electron chi connectivity index (χ1n) is 7.05. The first-order valence-corrected chi connectivity index (χ1v) is 7.05. The van der Waals surface area contributed by atoms with Crippen LogP contribution in [0.25, 0.3) is 0 Å². The van der Waals surface area contributed by atoms with Crippen LogP contribution in [0.4, 0.5) is 11.6 Å². The van der Waals surface area contributed by atoms with E-state index in [-0.39, 0.29) is 6.61 Å². The molecule has 108 valence electrons. The first kappa shape index (κ1) is 15.7. The van der Waals surface area contributed by atoms with Gasteiger partial charge in [-0.15, -0.1) is 0 Å². The van der Waals surface area contributed by atoms with Crippen LogP contribution in [0.1, 0.15) is 39.4 Å². The van der Waals surface area contributed by atoms with E-state index in [1.807, 2.05) is 13.1 Å². The fraction of sp³-hybridized carbons (Fsp3) is 0.714. The molecule has 0 spiro atoms. The van der Waals surface area contributed by atoms with Gasteiger partial charge in [-0.3, -0.25) is 0 Å². The Bertz CT molecular complexity index is 382. The molecule has 0 aliphatic rings. The predicted molar refractivity (Wildman–Crippen MR) is 79.8 cm³/mol. The molecular formula is C14H26N4O. The first-order chi connectivity index (χ1) is 9.12. The van der Waals surface area contributed by atoms with Crippen molar-refractivity contribution < 1.29 is 5.11 Å². The lowest BCUT2D eigenvalue weighted by Crippen LogP contribution is -2.33. The highest BCUT2D eigenvalue weighted by Gasteiger charge is 2.14. The second kappa shape index (κ2) is 7.94. The number of aryl methyl sites for hydroxylation is 1. The predicted octanol–water partition coefficient (Wildman–Crippen LogP) is 2.07. The van der Waals surface area contributed by atoms with Gasteiger partial charge in [0.2, 0.25) is 0 Å². The molecule has 5 nitrogen and oxygen atoms in total. The van der Waals surface area contributed by atoms with Crippen LogP contribution in [0.3, 0.4) is 0 Å². The Labute approximate surface area is 116 Å². The van der Waals surface area contributed by atoms with Gasteiger partial charge in [0.05, 0.1) is 0 Å². The number of hydrogen-bond donors (Lipinski definition) is 2. The van der Waals surface area contributed by atoms with Crippen molar-refractivity contribution in [3.05, 3.63) is 11.9 Å². The summed E-state index contributed by atoms with van der Waals surface area (Å²) in [4.78, 5) is 11.3. The molecule has 0 amide bonds. The molecule has 5 heteroatoms. The number of aliphatic hydroxyl groups excluding tert-OH is 1. The number of nitrogens with one attached hydrogen (secondary N) is 1. The third kappa shape index (κ3) is 4.67. The smallest absolute Gasteiger partial charge is 0.134 e. The topological polar surface area (TPSA) is 61.3 Å².